The molecular formula is C11H19ClN4O2. The Hall–Kier alpha value is -1.14. The minimum Gasteiger partial charge on any atom is -0.464 e. The van der Waals surface area contributed by atoms with Crippen molar-refractivity contribution in [1.82, 2.24) is 15.0 Å². The number of aromatic nitrogens is 3. The zero-order chi connectivity index (χ0) is 13.6. The molecule has 0 atom stereocenters. The van der Waals surface area contributed by atoms with E-state index in [1.54, 1.807) is 0 Å². The fourth-order valence-electron chi connectivity index (χ4n) is 1.35. The predicted molar refractivity (Wildman–Crippen MR) is 70.0 cm³/mol. The second kappa shape index (κ2) is 6.70. The van der Waals surface area contributed by atoms with Crippen LogP contribution in [0.25, 0.3) is 0 Å². The van der Waals surface area contributed by atoms with Crippen molar-refractivity contribution in [2.24, 2.45) is 0 Å². The lowest BCUT2D eigenvalue weighted by Crippen LogP contribution is -2.35. The van der Waals surface area contributed by atoms with Crippen LogP contribution in [0, 0.1) is 0 Å². The highest BCUT2D eigenvalue weighted by atomic mass is 35.5. The summed E-state index contributed by atoms with van der Waals surface area (Å²) < 4.78 is 5.16. The molecule has 0 saturated carbocycles. The summed E-state index contributed by atoms with van der Waals surface area (Å²) in [6.45, 7) is 6.49. The number of halogens is 1. The molecule has 0 spiro atoms. The van der Waals surface area contributed by atoms with Gasteiger partial charge in [0.05, 0.1) is 12.2 Å². The molecule has 1 heterocycles. The number of hydrogen-bond acceptors (Lipinski definition) is 6. The Morgan fingerprint density at radius 3 is 2.44 bits per heavy atom. The number of nitrogens with one attached hydrogen (secondary N) is 1. The maximum Gasteiger partial charge on any atom is 0.322 e. The van der Waals surface area contributed by atoms with Crippen molar-refractivity contribution < 1.29 is 9.84 Å². The standard InChI is InChI=1S/C11H19ClN4O2/c1-4-11(17,5-2)7-13-9-14-8(12)15-10(16-9)18-6-3/h17H,4-7H2,1-3H3,(H,13,14,15,16). The molecule has 0 saturated heterocycles. The van der Waals surface area contributed by atoms with Gasteiger partial charge < -0.3 is 15.2 Å². The van der Waals surface area contributed by atoms with Crippen molar-refractivity contribution in [1.29, 1.82) is 0 Å². The van der Waals surface area contributed by atoms with Crippen LogP contribution < -0.4 is 10.1 Å². The van der Waals surface area contributed by atoms with Gasteiger partial charge in [0.15, 0.2) is 0 Å². The predicted octanol–water partition coefficient (Wildman–Crippen LogP) is 1.89. The van der Waals surface area contributed by atoms with E-state index in [9.17, 15) is 5.11 Å². The Bertz CT molecular complexity index is 385. The third-order valence-electron chi connectivity index (χ3n) is 2.75. The summed E-state index contributed by atoms with van der Waals surface area (Å²) in [4.78, 5) is 11.8. The van der Waals surface area contributed by atoms with Gasteiger partial charge in [0, 0.05) is 6.54 Å². The quantitative estimate of drug-likeness (QED) is 0.790. The van der Waals surface area contributed by atoms with Crippen LogP contribution in [0.3, 0.4) is 0 Å². The Morgan fingerprint density at radius 1 is 1.22 bits per heavy atom. The van der Waals surface area contributed by atoms with E-state index in [4.69, 9.17) is 16.3 Å². The first-order chi connectivity index (χ1) is 8.53. The SMILES string of the molecule is CCOc1nc(Cl)nc(NCC(O)(CC)CC)n1. The van der Waals surface area contributed by atoms with E-state index in [0.717, 1.165) is 0 Å². The molecule has 0 aliphatic heterocycles. The molecule has 6 nitrogen and oxygen atoms in total. The summed E-state index contributed by atoms with van der Waals surface area (Å²) in [6, 6.07) is 0.177. The molecule has 2 N–H and O–H groups in total. The van der Waals surface area contributed by atoms with E-state index in [1.807, 2.05) is 20.8 Å². The minimum atomic E-state index is -0.773. The lowest BCUT2D eigenvalue weighted by molar-refractivity contribution is 0.0455. The first kappa shape index (κ1) is 14.9. The summed E-state index contributed by atoms with van der Waals surface area (Å²) >= 11 is 5.76. The van der Waals surface area contributed by atoms with Crippen LogP contribution in [0.5, 0.6) is 6.01 Å². The second-order valence-corrected chi connectivity index (χ2v) is 4.27. The summed E-state index contributed by atoms with van der Waals surface area (Å²) in [7, 11) is 0. The average Bonchev–Trinajstić information content (AvgIpc) is 2.36. The second-order valence-electron chi connectivity index (χ2n) is 3.93. The lowest BCUT2D eigenvalue weighted by atomic mass is 9.98. The monoisotopic (exact) mass is 274 g/mol. The van der Waals surface area contributed by atoms with Gasteiger partial charge in [0.2, 0.25) is 11.2 Å². The first-order valence-corrected chi connectivity index (χ1v) is 6.41. The number of anilines is 1. The lowest BCUT2D eigenvalue weighted by Gasteiger charge is -2.25. The third kappa shape index (κ3) is 4.27. The molecule has 0 bridgehead atoms. The van der Waals surface area contributed by atoms with Gasteiger partial charge in [-0.3, -0.25) is 0 Å². The van der Waals surface area contributed by atoms with Gasteiger partial charge in [-0.2, -0.15) is 15.0 Å². The van der Waals surface area contributed by atoms with Crippen LogP contribution in [-0.2, 0) is 0 Å². The summed E-state index contributed by atoms with van der Waals surface area (Å²) in [5, 5.41) is 13.1. The van der Waals surface area contributed by atoms with Crippen molar-refractivity contribution in [2.75, 3.05) is 18.5 Å². The summed E-state index contributed by atoms with van der Waals surface area (Å²) in [5.74, 6) is 0.304. The average molecular weight is 275 g/mol. The van der Waals surface area contributed by atoms with Gasteiger partial charge in [-0.25, -0.2) is 0 Å². The van der Waals surface area contributed by atoms with Gasteiger partial charge in [-0.05, 0) is 31.4 Å². The molecule has 0 amide bonds. The highest BCUT2D eigenvalue weighted by Gasteiger charge is 2.22. The number of rotatable bonds is 7. The maximum absolute atomic E-state index is 10.1. The van der Waals surface area contributed by atoms with Gasteiger partial charge >= 0.3 is 6.01 Å². The molecule has 1 rings (SSSR count). The minimum absolute atomic E-state index is 0.0625. The van der Waals surface area contributed by atoms with Crippen LogP contribution in [0.4, 0.5) is 5.95 Å². The van der Waals surface area contributed by atoms with Gasteiger partial charge in [0.1, 0.15) is 0 Å². The van der Waals surface area contributed by atoms with Crippen LogP contribution in [0.15, 0.2) is 0 Å². The Balaban J connectivity index is 2.72. The molecule has 7 heteroatoms. The molecular weight excluding hydrogens is 256 g/mol. The molecule has 18 heavy (non-hydrogen) atoms. The van der Waals surface area contributed by atoms with E-state index < -0.39 is 5.60 Å². The first-order valence-electron chi connectivity index (χ1n) is 6.03. The van der Waals surface area contributed by atoms with Crippen molar-refractivity contribution in [3.63, 3.8) is 0 Å². The fourth-order valence-corrected chi connectivity index (χ4v) is 1.50. The van der Waals surface area contributed by atoms with E-state index in [2.05, 4.69) is 20.3 Å². The Kier molecular flexibility index (Phi) is 5.55. The van der Waals surface area contributed by atoms with Crippen LogP contribution in [0.2, 0.25) is 5.28 Å². The number of nitrogens with zero attached hydrogens (tertiary/aromatic N) is 3. The zero-order valence-corrected chi connectivity index (χ0v) is 11.7. The molecule has 102 valence electrons. The molecule has 0 radical (unpaired) electrons. The van der Waals surface area contributed by atoms with Crippen LogP contribution in [-0.4, -0.2) is 38.8 Å². The molecule has 1 aromatic heterocycles. The Morgan fingerprint density at radius 2 is 1.89 bits per heavy atom. The van der Waals surface area contributed by atoms with Crippen molar-refractivity contribution in [3.05, 3.63) is 5.28 Å². The number of ether oxygens (including phenoxy) is 1. The van der Waals surface area contributed by atoms with Crippen molar-refractivity contribution in [3.8, 4) is 6.01 Å². The highest BCUT2D eigenvalue weighted by Crippen LogP contribution is 2.16. The number of aliphatic hydroxyl groups is 1. The van der Waals surface area contributed by atoms with Crippen LogP contribution in [0.1, 0.15) is 33.6 Å². The highest BCUT2D eigenvalue weighted by molar-refractivity contribution is 6.28. The topological polar surface area (TPSA) is 80.2 Å². The van der Waals surface area contributed by atoms with E-state index >= 15 is 0 Å². The normalized spacial score (nSPS) is 11.4. The molecule has 0 unspecified atom stereocenters. The van der Waals surface area contributed by atoms with Crippen molar-refractivity contribution in [2.45, 2.75) is 39.2 Å². The van der Waals surface area contributed by atoms with Gasteiger partial charge in [-0.1, -0.05) is 13.8 Å². The largest absolute Gasteiger partial charge is 0.464 e. The van der Waals surface area contributed by atoms with Gasteiger partial charge in [0.25, 0.3) is 0 Å². The van der Waals surface area contributed by atoms with E-state index in [-0.39, 0.29) is 11.3 Å². The maximum atomic E-state index is 10.1. The Labute approximate surface area is 112 Å². The summed E-state index contributed by atoms with van der Waals surface area (Å²) in [5.41, 5.74) is -0.773. The third-order valence-corrected chi connectivity index (χ3v) is 2.92. The van der Waals surface area contributed by atoms with Crippen LogP contribution >= 0.6 is 11.6 Å². The van der Waals surface area contributed by atoms with E-state index in [0.29, 0.717) is 31.9 Å². The smallest absolute Gasteiger partial charge is 0.322 e. The molecule has 0 aromatic carbocycles. The summed E-state index contributed by atoms with van der Waals surface area (Å²) in [6.07, 6.45) is 1.29. The zero-order valence-electron chi connectivity index (χ0n) is 10.9. The van der Waals surface area contributed by atoms with E-state index in [1.165, 1.54) is 0 Å². The van der Waals surface area contributed by atoms with Crippen molar-refractivity contribution >= 4 is 17.5 Å². The molecule has 0 aliphatic carbocycles. The molecule has 0 fully saturated rings. The molecule has 0 aliphatic rings. The number of hydrogen-bond donors (Lipinski definition) is 2. The fraction of sp³-hybridized carbons (Fsp3) is 0.727. The van der Waals surface area contributed by atoms with Gasteiger partial charge in [-0.15, -0.1) is 0 Å². The molecule has 1 aromatic rings.